The molecule has 2 nitrogen and oxygen atoms in total. The van der Waals surface area contributed by atoms with Crippen LogP contribution in [0.5, 0.6) is 0 Å². The van der Waals surface area contributed by atoms with E-state index >= 15 is 0 Å². The standard InChI is InChI=1S/C22H16O2/c1-24-22(23)21-15-13-20(14-16-21)19-11-9-18(10-12-19)8-7-17-5-3-2-4-6-17/h2-6,9-16H,1H3. The van der Waals surface area contributed by atoms with Gasteiger partial charge in [0.2, 0.25) is 0 Å². The van der Waals surface area contributed by atoms with Crippen LogP contribution in [0.1, 0.15) is 21.5 Å². The number of benzene rings is 3. The van der Waals surface area contributed by atoms with Crippen molar-refractivity contribution in [3.8, 4) is 23.0 Å². The molecule has 0 atom stereocenters. The van der Waals surface area contributed by atoms with Gasteiger partial charge >= 0.3 is 5.97 Å². The first-order chi connectivity index (χ1) is 11.8. The Hall–Kier alpha value is -3.31. The van der Waals surface area contributed by atoms with Gasteiger partial charge in [-0.2, -0.15) is 0 Å². The van der Waals surface area contributed by atoms with Gasteiger partial charge in [-0.3, -0.25) is 0 Å². The number of hydrogen-bond donors (Lipinski definition) is 0. The molecule has 3 rings (SSSR count). The normalized spacial score (nSPS) is 9.71. The number of ether oxygens (including phenoxy) is 1. The maximum Gasteiger partial charge on any atom is 0.337 e. The fraction of sp³-hybridized carbons (Fsp3) is 0.0455. The van der Waals surface area contributed by atoms with E-state index in [2.05, 4.69) is 11.8 Å². The van der Waals surface area contributed by atoms with Gasteiger partial charge < -0.3 is 4.74 Å². The molecule has 0 saturated carbocycles. The molecule has 0 unspecified atom stereocenters. The van der Waals surface area contributed by atoms with Crippen LogP contribution in [0.4, 0.5) is 0 Å². The molecule has 0 spiro atoms. The van der Waals surface area contributed by atoms with Crippen molar-refractivity contribution in [3.63, 3.8) is 0 Å². The van der Waals surface area contributed by atoms with E-state index in [0.717, 1.165) is 22.3 Å². The molecule has 0 bridgehead atoms. The summed E-state index contributed by atoms with van der Waals surface area (Å²) < 4.78 is 4.71. The lowest BCUT2D eigenvalue weighted by atomic mass is 10.0. The molecule has 0 radical (unpaired) electrons. The zero-order valence-corrected chi connectivity index (χ0v) is 13.3. The lowest BCUT2D eigenvalue weighted by Gasteiger charge is -2.03. The second-order valence-corrected chi connectivity index (χ2v) is 5.26. The number of esters is 1. The summed E-state index contributed by atoms with van der Waals surface area (Å²) in [7, 11) is 1.38. The number of hydrogen-bond acceptors (Lipinski definition) is 2. The number of rotatable bonds is 2. The van der Waals surface area contributed by atoms with Crippen LogP contribution in [0, 0.1) is 11.8 Å². The van der Waals surface area contributed by atoms with Crippen LogP contribution in [0.25, 0.3) is 11.1 Å². The van der Waals surface area contributed by atoms with E-state index in [1.54, 1.807) is 12.1 Å². The predicted molar refractivity (Wildman–Crippen MR) is 95.6 cm³/mol. The Kier molecular flexibility index (Phi) is 4.74. The molecule has 0 aliphatic rings. The van der Waals surface area contributed by atoms with Gasteiger partial charge in [-0.05, 0) is 47.5 Å². The molecule has 0 fully saturated rings. The van der Waals surface area contributed by atoms with Crippen molar-refractivity contribution in [2.45, 2.75) is 0 Å². The summed E-state index contributed by atoms with van der Waals surface area (Å²) in [6.45, 7) is 0. The molecule has 3 aromatic rings. The van der Waals surface area contributed by atoms with Crippen LogP contribution >= 0.6 is 0 Å². The van der Waals surface area contributed by atoms with Crippen molar-refractivity contribution in [1.82, 2.24) is 0 Å². The van der Waals surface area contributed by atoms with Crippen molar-refractivity contribution < 1.29 is 9.53 Å². The molecule has 0 saturated heterocycles. The predicted octanol–water partition coefficient (Wildman–Crippen LogP) is 4.54. The number of methoxy groups -OCH3 is 1. The molecular formula is C22H16O2. The maximum absolute atomic E-state index is 11.5. The molecule has 2 heteroatoms. The summed E-state index contributed by atoms with van der Waals surface area (Å²) >= 11 is 0. The monoisotopic (exact) mass is 312 g/mol. The van der Waals surface area contributed by atoms with Crippen molar-refractivity contribution >= 4 is 5.97 Å². The number of carbonyl (C=O) groups is 1. The minimum absolute atomic E-state index is 0.326. The Morgan fingerprint density at radius 2 is 1.21 bits per heavy atom. The maximum atomic E-state index is 11.5. The van der Waals surface area contributed by atoms with Crippen LogP contribution in [-0.2, 0) is 4.74 Å². The Morgan fingerprint density at radius 3 is 1.75 bits per heavy atom. The second kappa shape index (κ2) is 7.30. The van der Waals surface area contributed by atoms with E-state index in [4.69, 9.17) is 4.74 Å². The van der Waals surface area contributed by atoms with Crippen LogP contribution in [0.2, 0.25) is 0 Å². The third-order valence-corrected chi connectivity index (χ3v) is 3.65. The number of carbonyl (C=O) groups excluding carboxylic acids is 1. The fourth-order valence-electron chi connectivity index (χ4n) is 2.33. The topological polar surface area (TPSA) is 26.3 Å². The third-order valence-electron chi connectivity index (χ3n) is 3.65. The van der Waals surface area contributed by atoms with E-state index in [0.29, 0.717) is 5.56 Å². The average Bonchev–Trinajstić information content (AvgIpc) is 2.67. The quantitative estimate of drug-likeness (QED) is 0.513. The molecular weight excluding hydrogens is 296 g/mol. The molecule has 0 amide bonds. The average molecular weight is 312 g/mol. The van der Waals surface area contributed by atoms with Crippen molar-refractivity contribution in [3.05, 3.63) is 95.6 Å². The van der Waals surface area contributed by atoms with E-state index in [1.165, 1.54) is 7.11 Å². The van der Waals surface area contributed by atoms with Crippen LogP contribution in [-0.4, -0.2) is 13.1 Å². The SMILES string of the molecule is COC(=O)c1ccc(-c2ccc(C#Cc3ccccc3)cc2)cc1. The molecule has 0 aromatic heterocycles. The first-order valence-electron chi connectivity index (χ1n) is 7.62. The summed E-state index contributed by atoms with van der Waals surface area (Å²) in [5.74, 6) is 5.98. The molecule has 24 heavy (non-hydrogen) atoms. The Bertz CT molecular complexity index is 881. The van der Waals surface area contributed by atoms with Crippen LogP contribution < -0.4 is 0 Å². The minimum atomic E-state index is -0.326. The van der Waals surface area contributed by atoms with E-state index in [1.807, 2.05) is 66.7 Å². The van der Waals surface area contributed by atoms with Gasteiger partial charge in [0, 0.05) is 11.1 Å². The van der Waals surface area contributed by atoms with Gasteiger partial charge in [0.15, 0.2) is 0 Å². The Morgan fingerprint density at radius 1 is 0.708 bits per heavy atom. The van der Waals surface area contributed by atoms with Gasteiger partial charge in [-0.1, -0.05) is 54.3 Å². The summed E-state index contributed by atoms with van der Waals surface area (Å²) in [5.41, 5.74) is 4.64. The van der Waals surface area contributed by atoms with Crippen LogP contribution in [0.3, 0.4) is 0 Å². The molecule has 116 valence electrons. The highest BCUT2D eigenvalue weighted by atomic mass is 16.5. The summed E-state index contributed by atoms with van der Waals surface area (Å²) in [4.78, 5) is 11.5. The Labute approximate surface area is 141 Å². The summed E-state index contributed by atoms with van der Waals surface area (Å²) in [6.07, 6.45) is 0. The molecule has 0 N–H and O–H groups in total. The van der Waals surface area contributed by atoms with Gasteiger partial charge in [0.05, 0.1) is 12.7 Å². The summed E-state index contributed by atoms with van der Waals surface area (Å²) in [5, 5.41) is 0. The first kappa shape index (κ1) is 15.6. The Balaban J connectivity index is 1.77. The summed E-state index contributed by atoms with van der Waals surface area (Å²) in [6, 6.07) is 25.3. The van der Waals surface area contributed by atoms with Crippen molar-refractivity contribution in [2.75, 3.05) is 7.11 Å². The van der Waals surface area contributed by atoms with Gasteiger partial charge in [-0.15, -0.1) is 0 Å². The highest BCUT2D eigenvalue weighted by Crippen LogP contribution is 2.20. The smallest absolute Gasteiger partial charge is 0.337 e. The second-order valence-electron chi connectivity index (χ2n) is 5.26. The van der Waals surface area contributed by atoms with Gasteiger partial charge in [0.1, 0.15) is 0 Å². The fourth-order valence-corrected chi connectivity index (χ4v) is 2.33. The molecule has 0 aliphatic heterocycles. The lowest BCUT2D eigenvalue weighted by Crippen LogP contribution is -2.00. The van der Waals surface area contributed by atoms with E-state index < -0.39 is 0 Å². The van der Waals surface area contributed by atoms with E-state index in [9.17, 15) is 4.79 Å². The highest BCUT2D eigenvalue weighted by Gasteiger charge is 2.05. The molecule has 0 aliphatic carbocycles. The minimum Gasteiger partial charge on any atom is -0.465 e. The van der Waals surface area contributed by atoms with Gasteiger partial charge in [0.25, 0.3) is 0 Å². The zero-order valence-electron chi connectivity index (χ0n) is 13.3. The zero-order chi connectivity index (χ0) is 16.8. The molecule has 0 heterocycles. The van der Waals surface area contributed by atoms with Crippen molar-refractivity contribution in [2.24, 2.45) is 0 Å². The van der Waals surface area contributed by atoms with Crippen LogP contribution in [0.15, 0.2) is 78.9 Å². The third kappa shape index (κ3) is 3.71. The van der Waals surface area contributed by atoms with Crippen molar-refractivity contribution in [1.29, 1.82) is 0 Å². The highest BCUT2D eigenvalue weighted by molar-refractivity contribution is 5.89. The van der Waals surface area contributed by atoms with Gasteiger partial charge in [-0.25, -0.2) is 4.79 Å². The van der Waals surface area contributed by atoms with E-state index in [-0.39, 0.29) is 5.97 Å². The lowest BCUT2D eigenvalue weighted by molar-refractivity contribution is 0.0601. The first-order valence-corrected chi connectivity index (χ1v) is 7.62. The largest absolute Gasteiger partial charge is 0.465 e. The molecule has 3 aromatic carbocycles.